The normalized spacial score (nSPS) is 10.8. The molecule has 0 aliphatic heterocycles. The summed E-state index contributed by atoms with van der Waals surface area (Å²) in [6.07, 6.45) is 2.57. The van der Waals surface area contributed by atoms with E-state index in [1.54, 1.807) is 18.5 Å². The second kappa shape index (κ2) is 4.81. The highest BCUT2D eigenvalue weighted by Gasteiger charge is 2.15. The maximum Gasteiger partial charge on any atom is 0.337 e. The molecule has 0 unspecified atom stereocenters. The maximum absolute atomic E-state index is 11.4. The molecule has 20 heavy (non-hydrogen) atoms. The number of carboxylic acids is 1. The fraction of sp³-hybridized carbons (Fsp3) is 0.125. The number of aromatic nitrogens is 2. The molecule has 0 atom stereocenters. The van der Waals surface area contributed by atoms with Gasteiger partial charge in [-0.3, -0.25) is 4.57 Å². The van der Waals surface area contributed by atoms with E-state index in [-0.39, 0.29) is 5.56 Å². The van der Waals surface area contributed by atoms with Gasteiger partial charge >= 0.3 is 5.97 Å². The van der Waals surface area contributed by atoms with E-state index in [4.69, 9.17) is 0 Å². The summed E-state index contributed by atoms with van der Waals surface area (Å²) in [5.41, 5.74) is 3.74. The van der Waals surface area contributed by atoms with Gasteiger partial charge in [-0.15, -0.1) is 0 Å². The molecule has 0 saturated heterocycles. The van der Waals surface area contributed by atoms with E-state index >= 15 is 0 Å². The van der Waals surface area contributed by atoms with Gasteiger partial charge in [0.25, 0.3) is 0 Å². The summed E-state index contributed by atoms with van der Waals surface area (Å²) in [4.78, 5) is 15.7. The van der Waals surface area contributed by atoms with Crippen LogP contribution in [0, 0.1) is 0 Å². The lowest BCUT2D eigenvalue weighted by molar-refractivity contribution is 0.0698. The van der Waals surface area contributed by atoms with E-state index in [0.717, 1.165) is 17.7 Å². The molecule has 0 aliphatic carbocycles. The topological polar surface area (TPSA) is 55.1 Å². The Morgan fingerprint density at radius 1 is 1.20 bits per heavy atom. The highest BCUT2D eigenvalue weighted by molar-refractivity contribution is 6.01. The Morgan fingerprint density at radius 3 is 2.75 bits per heavy atom. The number of hydrogen-bond donors (Lipinski definition) is 1. The average Bonchev–Trinajstić information content (AvgIpc) is 2.90. The second-order valence-corrected chi connectivity index (χ2v) is 4.58. The molecule has 1 N–H and O–H groups in total. The third-order valence-corrected chi connectivity index (χ3v) is 3.43. The number of benzene rings is 2. The summed E-state index contributed by atoms with van der Waals surface area (Å²) in [5, 5.41) is 9.36. The van der Waals surface area contributed by atoms with Crippen LogP contribution in [0.2, 0.25) is 0 Å². The van der Waals surface area contributed by atoms with Gasteiger partial charge in [0.1, 0.15) is 6.33 Å². The SMILES string of the molecule is CCc1ccccc1-n1cnc2cccc(C(=O)O)c21. The van der Waals surface area contributed by atoms with Crippen molar-refractivity contribution in [3.8, 4) is 5.69 Å². The van der Waals surface area contributed by atoms with E-state index in [1.165, 1.54) is 0 Å². The second-order valence-electron chi connectivity index (χ2n) is 4.58. The number of aryl methyl sites for hydroxylation is 1. The third-order valence-electron chi connectivity index (χ3n) is 3.43. The fourth-order valence-corrected chi connectivity index (χ4v) is 2.47. The molecule has 0 aliphatic rings. The van der Waals surface area contributed by atoms with Gasteiger partial charge in [-0.25, -0.2) is 9.78 Å². The lowest BCUT2D eigenvalue weighted by Gasteiger charge is -2.10. The molecular formula is C16H14N2O2. The van der Waals surface area contributed by atoms with Gasteiger partial charge in [-0.1, -0.05) is 31.2 Å². The van der Waals surface area contributed by atoms with Crippen LogP contribution < -0.4 is 0 Å². The average molecular weight is 266 g/mol. The van der Waals surface area contributed by atoms with Gasteiger partial charge in [-0.05, 0) is 30.2 Å². The van der Waals surface area contributed by atoms with Crippen LogP contribution in [-0.2, 0) is 6.42 Å². The van der Waals surface area contributed by atoms with Crippen molar-refractivity contribution >= 4 is 17.0 Å². The van der Waals surface area contributed by atoms with Crippen molar-refractivity contribution in [1.29, 1.82) is 0 Å². The first kappa shape index (κ1) is 12.4. The molecule has 0 spiro atoms. The predicted octanol–water partition coefficient (Wildman–Crippen LogP) is 3.29. The van der Waals surface area contributed by atoms with Crippen molar-refractivity contribution in [1.82, 2.24) is 9.55 Å². The Balaban J connectivity index is 2.35. The van der Waals surface area contributed by atoms with Crippen LogP contribution in [0.15, 0.2) is 48.8 Å². The van der Waals surface area contributed by atoms with Crippen molar-refractivity contribution < 1.29 is 9.90 Å². The quantitative estimate of drug-likeness (QED) is 0.791. The molecule has 0 amide bonds. The molecule has 100 valence electrons. The number of para-hydroxylation sites is 2. The molecule has 3 rings (SSSR count). The molecule has 3 aromatic rings. The number of imidazole rings is 1. The minimum absolute atomic E-state index is 0.269. The first-order valence-electron chi connectivity index (χ1n) is 6.50. The van der Waals surface area contributed by atoms with Crippen LogP contribution in [0.25, 0.3) is 16.7 Å². The lowest BCUT2D eigenvalue weighted by atomic mass is 10.1. The lowest BCUT2D eigenvalue weighted by Crippen LogP contribution is -2.03. The van der Waals surface area contributed by atoms with Gasteiger partial charge < -0.3 is 5.11 Å². The Labute approximate surface area is 116 Å². The number of rotatable bonds is 3. The maximum atomic E-state index is 11.4. The van der Waals surface area contributed by atoms with Crippen LogP contribution in [0.4, 0.5) is 0 Å². The largest absolute Gasteiger partial charge is 0.478 e. The van der Waals surface area contributed by atoms with Crippen LogP contribution in [0.5, 0.6) is 0 Å². The summed E-state index contributed by atoms with van der Waals surface area (Å²) >= 11 is 0. The van der Waals surface area contributed by atoms with Crippen LogP contribution in [0.1, 0.15) is 22.8 Å². The molecule has 2 aromatic carbocycles. The predicted molar refractivity (Wildman–Crippen MR) is 77.4 cm³/mol. The number of carbonyl (C=O) groups is 1. The molecule has 0 saturated carbocycles. The van der Waals surface area contributed by atoms with E-state index in [1.807, 2.05) is 34.9 Å². The zero-order valence-electron chi connectivity index (χ0n) is 11.1. The van der Waals surface area contributed by atoms with E-state index in [0.29, 0.717) is 11.0 Å². The summed E-state index contributed by atoms with van der Waals surface area (Å²) in [5.74, 6) is -0.939. The molecular weight excluding hydrogens is 252 g/mol. The van der Waals surface area contributed by atoms with Crippen molar-refractivity contribution in [2.24, 2.45) is 0 Å². The molecule has 0 radical (unpaired) electrons. The summed E-state index contributed by atoms with van der Waals surface area (Å²) in [7, 11) is 0. The smallest absolute Gasteiger partial charge is 0.337 e. The first-order chi connectivity index (χ1) is 9.72. The monoisotopic (exact) mass is 266 g/mol. The fourth-order valence-electron chi connectivity index (χ4n) is 2.47. The Kier molecular flexibility index (Phi) is 2.99. The zero-order chi connectivity index (χ0) is 14.1. The number of hydrogen-bond acceptors (Lipinski definition) is 2. The Hall–Kier alpha value is -2.62. The van der Waals surface area contributed by atoms with E-state index in [2.05, 4.69) is 11.9 Å². The van der Waals surface area contributed by atoms with Crippen molar-refractivity contribution in [2.75, 3.05) is 0 Å². The van der Waals surface area contributed by atoms with Crippen LogP contribution in [0.3, 0.4) is 0 Å². The van der Waals surface area contributed by atoms with E-state index in [9.17, 15) is 9.90 Å². The Morgan fingerprint density at radius 2 is 2.00 bits per heavy atom. The standard InChI is InChI=1S/C16H14N2O2/c1-2-11-6-3-4-9-14(11)18-10-17-13-8-5-7-12(15(13)18)16(19)20/h3-10H,2H2,1H3,(H,19,20). The van der Waals surface area contributed by atoms with Crippen molar-refractivity contribution in [3.05, 3.63) is 59.9 Å². The van der Waals surface area contributed by atoms with Crippen LogP contribution in [-0.4, -0.2) is 20.6 Å². The molecule has 1 aromatic heterocycles. The van der Waals surface area contributed by atoms with Gasteiger partial charge in [0.05, 0.1) is 22.3 Å². The molecule has 4 heteroatoms. The van der Waals surface area contributed by atoms with Gasteiger partial charge in [0, 0.05) is 0 Å². The van der Waals surface area contributed by atoms with Crippen molar-refractivity contribution in [2.45, 2.75) is 13.3 Å². The molecule has 1 heterocycles. The van der Waals surface area contributed by atoms with Crippen molar-refractivity contribution in [3.63, 3.8) is 0 Å². The number of aromatic carboxylic acids is 1. The van der Waals surface area contributed by atoms with Gasteiger partial charge in [-0.2, -0.15) is 0 Å². The molecule has 0 bridgehead atoms. The van der Waals surface area contributed by atoms with E-state index < -0.39 is 5.97 Å². The summed E-state index contributed by atoms with van der Waals surface area (Å²) < 4.78 is 1.86. The minimum Gasteiger partial charge on any atom is -0.478 e. The zero-order valence-corrected chi connectivity index (χ0v) is 11.1. The highest BCUT2D eigenvalue weighted by atomic mass is 16.4. The summed E-state index contributed by atoms with van der Waals surface area (Å²) in [6.45, 7) is 2.08. The first-order valence-corrected chi connectivity index (χ1v) is 6.50. The summed E-state index contributed by atoms with van der Waals surface area (Å²) in [6, 6.07) is 13.1. The van der Waals surface area contributed by atoms with Gasteiger partial charge in [0.15, 0.2) is 0 Å². The molecule has 0 fully saturated rings. The number of nitrogens with zero attached hydrogens (tertiary/aromatic N) is 2. The Bertz CT molecular complexity index is 790. The van der Waals surface area contributed by atoms with Crippen LogP contribution >= 0.6 is 0 Å². The number of carboxylic acid groups (broad SMARTS) is 1. The highest BCUT2D eigenvalue weighted by Crippen LogP contribution is 2.24. The van der Waals surface area contributed by atoms with Gasteiger partial charge in [0.2, 0.25) is 0 Å². The number of fused-ring (bicyclic) bond motifs is 1. The molecule has 4 nitrogen and oxygen atoms in total. The minimum atomic E-state index is -0.939. The third kappa shape index (κ3) is 1.86.